The first-order valence-electron chi connectivity index (χ1n) is 12.6. The molecule has 0 aliphatic heterocycles. The van der Waals surface area contributed by atoms with Gasteiger partial charge in [-0.3, -0.25) is 14.9 Å². The summed E-state index contributed by atoms with van der Waals surface area (Å²) in [5.74, 6) is -1.01. The van der Waals surface area contributed by atoms with E-state index in [4.69, 9.17) is 14.7 Å². The van der Waals surface area contributed by atoms with Gasteiger partial charge in [0, 0.05) is 18.2 Å². The predicted molar refractivity (Wildman–Crippen MR) is 152 cm³/mol. The fraction of sp³-hybridized carbons (Fsp3) is 0.133. The van der Waals surface area contributed by atoms with Crippen molar-refractivity contribution in [3.05, 3.63) is 112 Å². The Morgan fingerprint density at radius 3 is 2.42 bits per heavy atom. The lowest BCUT2D eigenvalue weighted by atomic mass is 10.1. The summed E-state index contributed by atoms with van der Waals surface area (Å²) in [4.78, 5) is 46.7. The number of carbonyl (C=O) groups is 2. The maximum Gasteiger partial charge on any atom is 0.344 e. The number of hydrogen-bond donors (Lipinski definition) is 1. The highest BCUT2D eigenvalue weighted by Crippen LogP contribution is 2.35. The van der Waals surface area contributed by atoms with Gasteiger partial charge < -0.3 is 14.6 Å². The molecule has 0 unspecified atom stereocenters. The summed E-state index contributed by atoms with van der Waals surface area (Å²) in [6.45, 7) is 3.76. The second-order valence-corrected chi connectivity index (χ2v) is 8.96. The van der Waals surface area contributed by atoms with E-state index in [9.17, 15) is 19.7 Å². The third-order valence-corrected chi connectivity index (χ3v) is 6.39. The van der Waals surface area contributed by atoms with Gasteiger partial charge in [0.15, 0.2) is 5.65 Å². The van der Waals surface area contributed by atoms with E-state index in [2.05, 4.69) is 5.32 Å². The fourth-order valence-corrected chi connectivity index (χ4v) is 4.51. The van der Waals surface area contributed by atoms with Gasteiger partial charge in [0.05, 0.1) is 28.6 Å². The predicted octanol–water partition coefficient (Wildman–Crippen LogP) is 5.93. The molecule has 40 heavy (non-hydrogen) atoms. The van der Waals surface area contributed by atoms with Crippen molar-refractivity contribution in [2.24, 2.45) is 0 Å². The smallest absolute Gasteiger partial charge is 0.344 e. The van der Waals surface area contributed by atoms with Gasteiger partial charge in [-0.25, -0.2) is 14.8 Å². The minimum absolute atomic E-state index is 0.0896. The number of non-ortho nitro benzene ring substituents is 1. The molecule has 0 aliphatic carbocycles. The van der Waals surface area contributed by atoms with Gasteiger partial charge >= 0.3 is 5.97 Å². The normalized spacial score (nSPS) is 12.1. The number of amides is 1. The number of nitro benzene ring substituents is 1. The van der Waals surface area contributed by atoms with Gasteiger partial charge in [0.2, 0.25) is 5.91 Å². The van der Waals surface area contributed by atoms with Crippen molar-refractivity contribution in [2.75, 3.05) is 11.9 Å². The molecule has 3 aromatic carbocycles. The number of aromatic nitrogens is 3. The van der Waals surface area contributed by atoms with Gasteiger partial charge in [-0.2, -0.15) is 0 Å². The van der Waals surface area contributed by atoms with Crippen LogP contribution in [0.1, 0.15) is 41.4 Å². The van der Waals surface area contributed by atoms with Crippen LogP contribution in [0.5, 0.6) is 0 Å². The monoisotopic (exact) mass is 535 g/mol. The number of nitrogens with zero attached hydrogens (tertiary/aromatic N) is 4. The molecule has 1 amide bonds. The Morgan fingerprint density at radius 2 is 1.73 bits per heavy atom. The summed E-state index contributed by atoms with van der Waals surface area (Å²) >= 11 is 0. The van der Waals surface area contributed by atoms with E-state index in [0.717, 1.165) is 5.56 Å². The van der Waals surface area contributed by atoms with Crippen LogP contribution in [0.15, 0.2) is 84.9 Å². The Bertz CT molecular complexity index is 1780. The van der Waals surface area contributed by atoms with Gasteiger partial charge in [0.1, 0.15) is 16.9 Å². The topological polar surface area (TPSA) is 129 Å². The molecule has 0 saturated heterocycles. The van der Waals surface area contributed by atoms with Crippen molar-refractivity contribution in [3.63, 3.8) is 0 Å². The maximum atomic E-state index is 13.3. The number of carbonyl (C=O) groups excluding carboxylic acids is 2. The number of benzene rings is 3. The molecule has 10 heteroatoms. The molecule has 0 saturated carbocycles. The fourth-order valence-electron chi connectivity index (χ4n) is 4.51. The number of para-hydroxylation sites is 2. The van der Waals surface area contributed by atoms with E-state index in [1.807, 2.05) is 55.5 Å². The largest absolute Gasteiger partial charge is 0.462 e. The minimum atomic E-state index is -0.644. The lowest BCUT2D eigenvalue weighted by Gasteiger charge is -2.19. The highest BCUT2D eigenvalue weighted by atomic mass is 16.6. The molecule has 1 N–H and O–H groups in total. The Morgan fingerprint density at radius 1 is 1.02 bits per heavy atom. The van der Waals surface area contributed by atoms with Crippen molar-refractivity contribution in [2.45, 2.75) is 19.9 Å². The lowest BCUT2D eigenvalue weighted by molar-refractivity contribution is -0.384. The number of esters is 1. The van der Waals surface area contributed by atoms with E-state index < -0.39 is 16.8 Å². The Balaban J connectivity index is 1.67. The molecule has 10 nitrogen and oxygen atoms in total. The highest BCUT2D eigenvalue weighted by molar-refractivity contribution is 6.13. The molecule has 2 heterocycles. The number of nitrogens with one attached hydrogen (secondary N) is 1. The molecule has 0 aliphatic rings. The van der Waals surface area contributed by atoms with E-state index in [1.165, 1.54) is 30.4 Å². The van der Waals surface area contributed by atoms with Crippen molar-refractivity contribution in [3.8, 4) is 0 Å². The number of ether oxygens (including phenoxy) is 1. The summed E-state index contributed by atoms with van der Waals surface area (Å²) in [6.07, 6.45) is 2.71. The molecule has 200 valence electrons. The van der Waals surface area contributed by atoms with Crippen LogP contribution in [0, 0.1) is 10.1 Å². The zero-order valence-electron chi connectivity index (χ0n) is 21.8. The minimum Gasteiger partial charge on any atom is -0.462 e. The van der Waals surface area contributed by atoms with Gasteiger partial charge in [0.25, 0.3) is 5.69 Å². The first kappa shape index (κ1) is 26.2. The van der Waals surface area contributed by atoms with Gasteiger partial charge in [-0.15, -0.1) is 0 Å². The molecule has 0 bridgehead atoms. The number of rotatable bonds is 8. The lowest BCUT2D eigenvalue weighted by Crippen LogP contribution is -2.18. The molecule has 0 radical (unpaired) electrons. The van der Waals surface area contributed by atoms with E-state index in [1.54, 1.807) is 23.6 Å². The third-order valence-electron chi connectivity index (χ3n) is 6.39. The van der Waals surface area contributed by atoms with E-state index in [-0.39, 0.29) is 29.7 Å². The van der Waals surface area contributed by atoms with Crippen LogP contribution >= 0.6 is 0 Å². The average Bonchev–Trinajstić information content (AvgIpc) is 3.27. The zero-order valence-corrected chi connectivity index (χ0v) is 21.8. The highest BCUT2D eigenvalue weighted by Gasteiger charge is 2.30. The summed E-state index contributed by atoms with van der Waals surface area (Å²) in [5.41, 5.74) is 3.34. The van der Waals surface area contributed by atoms with Crippen molar-refractivity contribution < 1.29 is 19.2 Å². The van der Waals surface area contributed by atoms with Crippen LogP contribution in [0.3, 0.4) is 0 Å². The summed E-state index contributed by atoms with van der Waals surface area (Å²) < 4.78 is 7.15. The van der Waals surface area contributed by atoms with Crippen LogP contribution < -0.4 is 5.32 Å². The maximum absolute atomic E-state index is 13.3. The van der Waals surface area contributed by atoms with Crippen molar-refractivity contribution in [1.82, 2.24) is 14.5 Å². The van der Waals surface area contributed by atoms with Gasteiger partial charge in [-0.1, -0.05) is 54.6 Å². The molecule has 0 fully saturated rings. The zero-order chi connectivity index (χ0) is 28.2. The first-order chi connectivity index (χ1) is 19.4. The molecule has 5 rings (SSSR count). The Labute approximate surface area is 229 Å². The molecule has 2 aromatic heterocycles. The summed E-state index contributed by atoms with van der Waals surface area (Å²) in [5, 5.41) is 14.0. The van der Waals surface area contributed by atoms with Crippen molar-refractivity contribution in [1.29, 1.82) is 0 Å². The number of anilines is 1. The summed E-state index contributed by atoms with van der Waals surface area (Å²) in [6, 6.07) is 22.5. The standard InChI is InChI=1S/C30H25N5O5/c1-3-40-30(37)26-27-29(32-24-15-8-7-14-23(24)31-27)34(19(2)21-11-5-4-6-12-21)28(26)33-25(36)17-16-20-10-9-13-22(18-20)35(38)39/h4-19H,3H2,1-2H3,(H,33,36)/b17-16+/t19-/m0/s1. The first-order valence-corrected chi connectivity index (χ1v) is 12.6. The molecule has 5 aromatic rings. The molecular weight excluding hydrogens is 510 g/mol. The molecule has 0 spiro atoms. The van der Waals surface area contributed by atoms with Crippen LogP contribution in [0.2, 0.25) is 0 Å². The number of nitro groups is 1. The van der Waals surface area contributed by atoms with Crippen LogP contribution in [0.4, 0.5) is 11.5 Å². The SMILES string of the molecule is CCOC(=O)c1c(NC(=O)/C=C/c2cccc([N+](=O)[O-])c2)n([C@@H](C)c2ccccc2)c2nc3ccccc3nc12. The third kappa shape index (κ3) is 5.14. The summed E-state index contributed by atoms with van der Waals surface area (Å²) in [7, 11) is 0. The van der Waals surface area contributed by atoms with E-state index in [0.29, 0.717) is 27.8 Å². The number of hydrogen-bond acceptors (Lipinski definition) is 7. The second-order valence-electron chi connectivity index (χ2n) is 8.96. The number of fused-ring (bicyclic) bond motifs is 2. The Kier molecular flexibility index (Phi) is 7.32. The average molecular weight is 536 g/mol. The van der Waals surface area contributed by atoms with Crippen LogP contribution in [-0.4, -0.2) is 37.9 Å². The van der Waals surface area contributed by atoms with Gasteiger partial charge in [-0.05, 0) is 43.2 Å². The second kappa shape index (κ2) is 11.2. The molecular formula is C30H25N5O5. The van der Waals surface area contributed by atoms with Crippen LogP contribution in [0.25, 0.3) is 28.3 Å². The Hall–Kier alpha value is -5.38. The van der Waals surface area contributed by atoms with E-state index >= 15 is 0 Å². The molecule has 1 atom stereocenters. The van der Waals surface area contributed by atoms with Crippen LogP contribution in [-0.2, 0) is 9.53 Å². The van der Waals surface area contributed by atoms with Crippen molar-refractivity contribution >= 4 is 51.7 Å². The quantitative estimate of drug-likeness (QED) is 0.113.